The summed E-state index contributed by atoms with van der Waals surface area (Å²) in [5.74, 6) is 0.667. The zero-order valence-corrected chi connectivity index (χ0v) is 13.7. The van der Waals surface area contributed by atoms with E-state index in [9.17, 15) is 9.90 Å². The first-order chi connectivity index (χ1) is 11.6. The van der Waals surface area contributed by atoms with Crippen molar-refractivity contribution in [3.63, 3.8) is 0 Å². The van der Waals surface area contributed by atoms with Crippen LogP contribution >= 0.6 is 0 Å². The molecule has 0 heterocycles. The molecule has 0 spiro atoms. The van der Waals surface area contributed by atoms with Gasteiger partial charge < -0.3 is 19.3 Å². The van der Waals surface area contributed by atoms with E-state index in [0.717, 1.165) is 16.9 Å². The molecular formula is C19H20O5. The minimum absolute atomic E-state index is 0.0467. The lowest BCUT2D eigenvalue weighted by molar-refractivity contribution is -0.138. The van der Waals surface area contributed by atoms with Crippen molar-refractivity contribution >= 4 is 12.0 Å². The van der Waals surface area contributed by atoms with Gasteiger partial charge in [0.2, 0.25) is 0 Å². The summed E-state index contributed by atoms with van der Waals surface area (Å²) < 4.78 is 15.5. The molecule has 0 unspecified atom stereocenters. The number of phenolic OH excluding ortho intramolecular Hbond substituents is 1. The van der Waals surface area contributed by atoms with Crippen LogP contribution in [-0.4, -0.2) is 31.4 Å². The monoisotopic (exact) mass is 328 g/mol. The smallest absolute Gasteiger partial charge is 0.330 e. The van der Waals surface area contributed by atoms with Crippen molar-refractivity contribution in [2.24, 2.45) is 0 Å². The van der Waals surface area contributed by atoms with Crippen molar-refractivity contribution in [2.45, 2.75) is 6.92 Å². The fourth-order valence-corrected chi connectivity index (χ4v) is 1.95. The number of aromatic hydroxyl groups is 1. The van der Waals surface area contributed by atoms with Gasteiger partial charge in [0.05, 0.1) is 7.11 Å². The molecule has 0 radical (unpaired) electrons. The van der Waals surface area contributed by atoms with Gasteiger partial charge in [-0.1, -0.05) is 23.8 Å². The number of esters is 1. The maximum absolute atomic E-state index is 11.6. The third kappa shape index (κ3) is 5.35. The first-order valence-electron chi connectivity index (χ1n) is 7.50. The van der Waals surface area contributed by atoms with E-state index < -0.39 is 5.97 Å². The second-order valence-electron chi connectivity index (χ2n) is 5.09. The Balaban J connectivity index is 1.75. The van der Waals surface area contributed by atoms with Gasteiger partial charge in [0, 0.05) is 6.08 Å². The lowest BCUT2D eigenvalue weighted by Crippen LogP contribution is -2.10. The number of phenols is 1. The van der Waals surface area contributed by atoms with E-state index in [1.54, 1.807) is 18.2 Å². The van der Waals surface area contributed by atoms with E-state index in [0.29, 0.717) is 5.75 Å². The molecule has 0 fully saturated rings. The van der Waals surface area contributed by atoms with Crippen molar-refractivity contribution in [3.8, 4) is 17.2 Å². The molecule has 0 bridgehead atoms. The highest BCUT2D eigenvalue weighted by molar-refractivity contribution is 5.87. The molecule has 0 saturated carbocycles. The second-order valence-corrected chi connectivity index (χ2v) is 5.09. The van der Waals surface area contributed by atoms with E-state index in [4.69, 9.17) is 14.2 Å². The predicted octanol–water partition coefficient (Wildman–Crippen LogP) is 3.34. The maximum Gasteiger partial charge on any atom is 0.330 e. The first-order valence-corrected chi connectivity index (χ1v) is 7.50. The summed E-state index contributed by atoms with van der Waals surface area (Å²) in [6.07, 6.45) is 2.91. The normalized spacial score (nSPS) is 10.6. The molecule has 126 valence electrons. The fourth-order valence-electron chi connectivity index (χ4n) is 1.95. The summed E-state index contributed by atoms with van der Waals surface area (Å²) in [5, 5.41) is 9.51. The van der Waals surface area contributed by atoms with Crippen molar-refractivity contribution in [1.82, 2.24) is 0 Å². The number of rotatable bonds is 7. The molecule has 0 amide bonds. The number of aryl methyl sites for hydroxylation is 1. The minimum atomic E-state index is -0.463. The average Bonchev–Trinajstić information content (AvgIpc) is 2.59. The van der Waals surface area contributed by atoms with Gasteiger partial charge in [-0.2, -0.15) is 0 Å². The van der Waals surface area contributed by atoms with Crippen molar-refractivity contribution in [3.05, 3.63) is 59.7 Å². The summed E-state index contributed by atoms with van der Waals surface area (Å²) in [6.45, 7) is 2.45. The number of carbonyl (C=O) groups excluding carboxylic acids is 1. The number of ether oxygens (including phenoxy) is 3. The molecule has 1 N–H and O–H groups in total. The molecule has 0 saturated heterocycles. The lowest BCUT2D eigenvalue weighted by Gasteiger charge is -2.06. The van der Waals surface area contributed by atoms with Crippen molar-refractivity contribution < 1.29 is 24.1 Å². The first kappa shape index (κ1) is 17.4. The standard InChI is InChI=1S/C19H20O5/c1-14-3-7-16(8-4-14)23-11-12-24-19(21)10-6-15-5-9-17(20)18(13-15)22-2/h3-10,13,20H,11-12H2,1-2H3/b10-6+. The Morgan fingerprint density at radius 1 is 1.12 bits per heavy atom. The molecule has 2 rings (SSSR count). The minimum Gasteiger partial charge on any atom is -0.504 e. The van der Waals surface area contributed by atoms with E-state index in [-0.39, 0.29) is 19.0 Å². The van der Waals surface area contributed by atoms with Crippen LogP contribution in [0.3, 0.4) is 0 Å². The molecule has 0 aromatic heterocycles. The molecule has 5 heteroatoms. The summed E-state index contributed by atoms with van der Waals surface area (Å²) in [7, 11) is 1.46. The molecule has 0 aliphatic heterocycles. The van der Waals surface area contributed by atoms with Gasteiger partial charge in [0.1, 0.15) is 19.0 Å². The van der Waals surface area contributed by atoms with Gasteiger partial charge in [-0.25, -0.2) is 4.79 Å². The van der Waals surface area contributed by atoms with Crippen LogP contribution in [-0.2, 0) is 9.53 Å². The third-order valence-electron chi connectivity index (χ3n) is 3.23. The van der Waals surface area contributed by atoms with Crippen LogP contribution in [0, 0.1) is 6.92 Å². The molecule has 0 aliphatic rings. The highest BCUT2D eigenvalue weighted by Crippen LogP contribution is 2.26. The van der Waals surface area contributed by atoms with Crippen LogP contribution in [0.5, 0.6) is 17.2 Å². The van der Waals surface area contributed by atoms with Crippen molar-refractivity contribution in [2.75, 3.05) is 20.3 Å². The molecular weight excluding hydrogens is 308 g/mol. The molecule has 0 aliphatic carbocycles. The summed E-state index contributed by atoms with van der Waals surface area (Å²) >= 11 is 0. The molecule has 5 nitrogen and oxygen atoms in total. The zero-order chi connectivity index (χ0) is 17.4. The highest BCUT2D eigenvalue weighted by Gasteiger charge is 2.02. The Hall–Kier alpha value is -2.95. The lowest BCUT2D eigenvalue weighted by atomic mass is 10.2. The topological polar surface area (TPSA) is 65.0 Å². The van der Waals surface area contributed by atoms with E-state index >= 15 is 0 Å². The van der Waals surface area contributed by atoms with Crippen LogP contribution in [0.4, 0.5) is 0 Å². The summed E-state index contributed by atoms with van der Waals surface area (Å²) in [6, 6.07) is 12.4. The maximum atomic E-state index is 11.6. The van der Waals surface area contributed by atoms with E-state index in [2.05, 4.69) is 0 Å². The summed E-state index contributed by atoms with van der Waals surface area (Å²) in [5.41, 5.74) is 1.88. The predicted molar refractivity (Wildman–Crippen MR) is 91.3 cm³/mol. The number of benzene rings is 2. The molecule has 2 aromatic carbocycles. The van der Waals surface area contributed by atoms with E-state index in [1.165, 1.54) is 19.3 Å². The molecule has 24 heavy (non-hydrogen) atoms. The number of hydrogen-bond acceptors (Lipinski definition) is 5. The van der Waals surface area contributed by atoms with E-state index in [1.807, 2.05) is 31.2 Å². The van der Waals surface area contributed by atoms with Gasteiger partial charge >= 0.3 is 5.97 Å². The van der Waals surface area contributed by atoms with Gasteiger partial charge in [-0.05, 0) is 42.8 Å². The second kappa shape index (κ2) is 8.62. The Morgan fingerprint density at radius 3 is 2.58 bits per heavy atom. The Kier molecular flexibility index (Phi) is 6.25. The SMILES string of the molecule is COc1cc(/C=C/C(=O)OCCOc2ccc(C)cc2)ccc1O. The quantitative estimate of drug-likeness (QED) is 0.480. The Bertz CT molecular complexity index is 704. The number of carbonyl (C=O) groups is 1. The van der Waals surface area contributed by atoms with Crippen LogP contribution in [0.1, 0.15) is 11.1 Å². The van der Waals surface area contributed by atoms with Crippen LogP contribution in [0.25, 0.3) is 6.08 Å². The van der Waals surface area contributed by atoms with Gasteiger partial charge in [0.15, 0.2) is 11.5 Å². The van der Waals surface area contributed by atoms with Crippen LogP contribution in [0.2, 0.25) is 0 Å². The van der Waals surface area contributed by atoms with Crippen LogP contribution in [0.15, 0.2) is 48.5 Å². The van der Waals surface area contributed by atoms with Gasteiger partial charge in [-0.15, -0.1) is 0 Å². The van der Waals surface area contributed by atoms with Gasteiger partial charge in [0.25, 0.3) is 0 Å². The summed E-state index contributed by atoms with van der Waals surface area (Å²) in [4.78, 5) is 11.6. The molecule has 2 aromatic rings. The third-order valence-corrected chi connectivity index (χ3v) is 3.23. The number of methoxy groups -OCH3 is 1. The zero-order valence-electron chi connectivity index (χ0n) is 13.7. The largest absolute Gasteiger partial charge is 0.504 e. The van der Waals surface area contributed by atoms with Crippen LogP contribution < -0.4 is 9.47 Å². The molecule has 0 atom stereocenters. The number of hydrogen-bond donors (Lipinski definition) is 1. The highest BCUT2D eigenvalue weighted by atomic mass is 16.6. The Morgan fingerprint density at radius 2 is 1.88 bits per heavy atom. The Labute approximate surface area is 141 Å². The fraction of sp³-hybridized carbons (Fsp3) is 0.211. The average molecular weight is 328 g/mol. The van der Waals surface area contributed by atoms with Gasteiger partial charge in [-0.3, -0.25) is 0 Å². The van der Waals surface area contributed by atoms with Crippen molar-refractivity contribution in [1.29, 1.82) is 0 Å².